The number of hydrogen-bond donors (Lipinski definition) is 2. The zero-order chi connectivity index (χ0) is 13.7. The van der Waals surface area contributed by atoms with E-state index in [9.17, 15) is 4.79 Å². The van der Waals surface area contributed by atoms with Gasteiger partial charge in [0, 0.05) is 29.1 Å². The fourth-order valence-corrected chi connectivity index (χ4v) is 3.22. The summed E-state index contributed by atoms with van der Waals surface area (Å²) >= 11 is 1.88. The lowest BCUT2D eigenvalue weighted by Crippen LogP contribution is -2.45. The van der Waals surface area contributed by atoms with Gasteiger partial charge in [0.1, 0.15) is 0 Å². The van der Waals surface area contributed by atoms with Crippen molar-refractivity contribution in [2.75, 3.05) is 24.7 Å². The van der Waals surface area contributed by atoms with Gasteiger partial charge in [0.15, 0.2) is 0 Å². The van der Waals surface area contributed by atoms with Gasteiger partial charge in [0.2, 0.25) is 0 Å². The molecule has 1 aromatic carbocycles. The summed E-state index contributed by atoms with van der Waals surface area (Å²) in [6.45, 7) is 3.73. The molecule has 4 heteroatoms. The highest BCUT2D eigenvalue weighted by Gasteiger charge is 2.36. The molecule has 0 heterocycles. The average Bonchev–Trinajstić information content (AvgIpc) is 2.39. The van der Waals surface area contributed by atoms with E-state index in [2.05, 4.69) is 23.8 Å². The third kappa shape index (κ3) is 3.44. The van der Waals surface area contributed by atoms with Crippen molar-refractivity contribution >= 4 is 23.4 Å². The number of thioether (sulfide) groups is 1. The molecule has 2 N–H and O–H groups in total. The van der Waals surface area contributed by atoms with Crippen molar-refractivity contribution < 1.29 is 4.79 Å². The molecule has 0 aliphatic heterocycles. The highest BCUT2D eigenvalue weighted by Crippen LogP contribution is 2.42. The summed E-state index contributed by atoms with van der Waals surface area (Å²) in [5.74, 6) is 0.0309. The number of benzene rings is 1. The third-order valence-corrected chi connectivity index (χ3v) is 5.22. The van der Waals surface area contributed by atoms with Crippen LogP contribution in [0.25, 0.3) is 0 Å². The molecular weight excluding hydrogens is 256 g/mol. The highest BCUT2D eigenvalue weighted by molar-refractivity contribution is 8.00. The number of hydrogen-bond acceptors (Lipinski definition) is 3. The Kier molecular flexibility index (Phi) is 4.75. The average molecular weight is 278 g/mol. The first kappa shape index (κ1) is 14.3. The first-order valence-electron chi connectivity index (χ1n) is 6.86. The molecule has 0 spiro atoms. The van der Waals surface area contributed by atoms with E-state index in [0.29, 0.717) is 4.75 Å². The Morgan fingerprint density at radius 1 is 1.32 bits per heavy atom. The van der Waals surface area contributed by atoms with Crippen molar-refractivity contribution in [1.82, 2.24) is 5.32 Å². The second-order valence-corrected chi connectivity index (χ2v) is 6.31. The Morgan fingerprint density at radius 2 is 2.00 bits per heavy atom. The maximum absolute atomic E-state index is 12.1. The molecular formula is C15H22N2OS. The lowest BCUT2D eigenvalue weighted by Gasteiger charge is -2.40. The number of rotatable bonds is 6. The van der Waals surface area contributed by atoms with Gasteiger partial charge in [-0.25, -0.2) is 0 Å². The van der Waals surface area contributed by atoms with Crippen LogP contribution in [0.15, 0.2) is 24.3 Å². The maximum atomic E-state index is 12.1. The van der Waals surface area contributed by atoms with Gasteiger partial charge in [0.25, 0.3) is 5.91 Å². The van der Waals surface area contributed by atoms with Crippen molar-refractivity contribution in [2.24, 2.45) is 0 Å². The predicted molar refractivity (Wildman–Crippen MR) is 83.0 cm³/mol. The van der Waals surface area contributed by atoms with Crippen LogP contribution in [-0.2, 0) is 0 Å². The Bertz CT molecular complexity index is 421. The summed E-state index contributed by atoms with van der Waals surface area (Å²) in [4.78, 5) is 12.1. The van der Waals surface area contributed by atoms with Crippen LogP contribution >= 0.6 is 11.8 Å². The second-order valence-electron chi connectivity index (χ2n) is 5.03. The van der Waals surface area contributed by atoms with E-state index in [1.807, 2.05) is 36.0 Å². The fraction of sp³-hybridized carbons (Fsp3) is 0.533. The van der Waals surface area contributed by atoms with Gasteiger partial charge in [0.05, 0.1) is 0 Å². The molecule has 0 aromatic heterocycles. The summed E-state index contributed by atoms with van der Waals surface area (Å²) in [6, 6.07) is 7.65. The van der Waals surface area contributed by atoms with Crippen LogP contribution in [-0.4, -0.2) is 30.0 Å². The molecule has 1 aliphatic carbocycles. The Morgan fingerprint density at radius 3 is 2.47 bits per heavy atom. The molecule has 0 saturated heterocycles. The number of amides is 1. The van der Waals surface area contributed by atoms with Crippen LogP contribution < -0.4 is 10.6 Å². The molecule has 19 heavy (non-hydrogen) atoms. The molecule has 3 nitrogen and oxygen atoms in total. The van der Waals surface area contributed by atoms with Gasteiger partial charge in [-0.1, -0.05) is 6.42 Å². The van der Waals surface area contributed by atoms with Gasteiger partial charge in [-0.2, -0.15) is 11.8 Å². The van der Waals surface area contributed by atoms with E-state index in [-0.39, 0.29) is 5.91 Å². The number of carbonyl (C=O) groups is 1. The molecule has 1 fully saturated rings. The monoisotopic (exact) mass is 278 g/mol. The van der Waals surface area contributed by atoms with E-state index in [1.165, 1.54) is 19.3 Å². The van der Waals surface area contributed by atoms with Gasteiger partial charge in [-0.3, -0.25) is 4.79 Å². The highest BCUT2D eigenvalue weighted by atomic mass is 32.2. The van der Waals surface area contributed by atoms with Crippen LogP contribution in [0, 0.1) is 0 Å². The molecule has 2 rings (SSSR count). The fourth-order valence-electron chi connectivity index (χ4n) is 2.31. The minimum absolute atomic E-state index is 0.0309. The minimum Gasteiger partial charge on any atom is -0.385 e. The molecule has 0 unspecified atom stereocenters. The number of nitrogens with one attached hydrogen (secondary N) is 2. The maximum Gasteiger partial charge on any atom is 0.251 e. The minimum atomic E-state index is 0.0309. The Balaban J connectivity index is 1.89. The van der Waals surface area contributed by atoms with Crippen molar-refractivity contribution in [1.29, 1.82) is 0 Å². The van der Waals surface area contributed by atoms with Crippen molar-refractivity contribution in [2.45, 2.75) is 30.9 Å². The lowest BCUT2D eigenvalue weighted by molar-refractivity contribution is 0.0944. The summed E-state index contributed by atoms with van der Waals surface area (Å²) in [7, 11) is 0. The molecule has 1 saturated carbocycles. The molecule has 1 aliphatic rings. The summed E-state index contributed by atoms with van der Waals surface area (Å²) in [5.41, 5.74) is 1.79. The largest absolute Gasteiger partial charge is 0.385 e. The lowest BCUT2D eigenvalue weighted by atomic mass is 9.84. The zero-order valence-electron chi connectivity index (χ0n) is 11.7. The summed E-state index contributed by atoms with van der Waals surface area (Å²) < 4.78 is 0.291. The molecule has 0 atom stereocenters. The quantitative estimate of drug-likeness (QED) is 0.840. The van der Waals surface area contributed by atoms with Crippen molar-refractivity contribution in [3.05, 3.63) is 29.8 Å². The molecule has 1 amide bonds. The number of anilines is 1. The van der Waals surface area contributed by atoms with E-state index in [4.69, 9.17) is 0 Å². The Hall–Kier alpha value is -1.16. The second kappa shape index (κ2) is 6.33. The van der Waals surface area contributed by atoms with E-state index in [1.54, 1.807) is 0 Å². The molecule has 0 bridgehead atoms. The van der Waals surface area contributed by atoms with Crippen LogP contribution in [0.4, 0.5) is 5.69 Å². The van der Waals surface area contributed by atoms with Crippen LogP contribution in [0.5, 0.6) is 0 Å². The van der Waals surface area contributed by atoms with Crippen LogP contribution in [0.3, 0.4) is 0 Å². The van der Waals surface area contributed by atoms with Crippen molar-refractivity contribution in [3.63, 3.8) is 0 Å². The van der Waals surface area contributed by atoms with Gasteiger partial charge >= 0.3 is 0 Å². The Labute approximate surface area is 119 Å². The van der Waals surface area contributed by atoms with Gasteiger partial charge in [-0.05, 0) is 50.3 Å². The first-order chi connectivity index (χ1) is 9.19. The number of carbonyl (C=O) groups excluding carboxylic acids is 1. The van der Waals surface area contributed by atoms with E-state index in [0.717, 1.165) is 24.3 Å². The van der Waals surface area contributed by atoms with Gasteiger partial charge in [-0.15, -0.1) is 0 Å². The first-order valence-corrected chi connectivity index (χ1v) is 8.09. The molecule has 104 valence electrons. The SMILES string of the molecule is CCNc1ccc(C(=O)NCC2(SC)CCC2)cc1. The van der Waals surface area contributed by atoms with Gasteiger partial charge < -0.3 is 10.6 Å². The third-order valence-electron chi connectivity index (χ3n) is 3.80. The summed E-state index contributed by atoms with van der Waals surface area (Å²) in [5, 5.41) is 6.29. The summed E-state index contributed by atoms with van der Waals surface area (Å²) in [6.07, 6.45) is 5.85. The van der Waals surface area contributed by atoms with Crippen LogP contribution in [0.2, 0.25) is 0 Å². The van der Waals surface area contributed by atoms with E-state index >= 15 is 0 Å². The zero-order valence-corrected chi connectivity index (χ0v) is 12.5. The predicted octanol–water partition coefficient (Wildman–Crippen LogP) is 3.13. The molecule has 0 radical (unpaired) electrons. The molecule has 1 aromatic rings. The van der Waals surface area contributed by atoms with Crippen molar-refractivity contribution in [3.8, 4) is 0 Å². The topological polar surface area (TPSA) is 41.1 Å². The normalized spacial score (nSPS) is 16.5. The van der Waals surface area contributed by atoms with Crippen LogP contribution in [0.1, 0.15) is 36.5 Å². The van der Waals surface area contributed by atoms with E-state index < -0.39 is 0 Å². The standard InChI is InChI=1S/C15H22N2OS/c1-3-16-13-7-5-12(6-8-13)14(18)17-11-15(19-2)9-4-10-15/h5-8,16H,3-4,9-11H2,1-2H3,(H,17,18). The smallest absolute Gasteiger partial charge is 0.251 e.